The third-order valence-corrected chi connectivity index (χ3v) is 5.55. The highest BCUT2D eigenvalue weighted by atomic mass is 16.5. The maximum absolute atomic E-state index is 12.7. The zero-order valence-electron chi connectivity index (χ0n) is 18.6. The molecule has 0 aliphatic carbocycles. The molecule has 30 heavy (non-hydrogen) atoms. The van der Waals surface area contributed by atoms with E-state index in [-0.39, 0.29) is 5.91 Å². The lowest BCUT2D eigenvalue weighted by molar-refractivity contribution is -0.122. The summed E-state index contributed by atoms with van der Waals surface area (Å²) in [6.45, 7) is 5.98. The van der Waals surface area contributed by atoms with Gasteiger partial charge in [0.25, 0.3) is 0 Å². The minimum Gasteiger partial charge on any atom is -0.493 e. The van der Waals surface area contributed by atoms with Crippen LogP contribution in [0.15, 0.2) is 30.3 Å². The van der Waals surface area contributed by atoms with E-state index in [1.807, 2.05) is 12.1 Å². The number of aryl methyl sites for hydroxylation is 2. The summed E-state index contributed by atoms with van der Waals surface area (Å²) in [6.07, 6.45) is 2.20. The molecular formula is C24H32N2O4. The Labute approximate surface area is 179 Å². The van der Waals surface area contributed by atoms with Gasteiger partial charge in [-0.25, -0.2) is 0 Å². The van der Waals surface area contributed by atoms with E-state index in [0.29, 0.717) is 36.4 Å². The Kier molecular flexibility index (Phi) is 7.21. The summed E-state index contributed by atoms with van der Waals surface area (Å²) in [5, 5.41) is 3.03. The highest BCUT2D eigenvalue weighted by Crippen LogP contribution is 2.38. The van der Waals surface area contributed by atoms with E-state index in [4.69, 9.17) is 14.2 Å². The van der Waals surface area contributed by atoms with Gasteiger partial charge < -0.3 is 19.5 Å². The van der Waals surface area contributed by atoms with Crippen molar-refractivity contribution in [2.24, 2.45) is 0 Å². The maximum Gasteiger partial charge on any atom is 0.234 e. The standard InChI is InChI=1S/C24H32N2O4/c1-16-9-17(2)11-19(10-16)20-7-6-8-26(20)15-23(27)25-14-18-12-21(28-3)24(30-5)22(13-18)29-4/h9-13,20H,6-8,14-15H2,1-5H3,(H,25,27). The number of hydrogen-bond acceptors (Lipinski definition) is 5. The molecule has 6 heteroatoms. The van der Waals surface area contributed by atoms with Gasteiger partial charge in [-0.05, 0) is 56.5 Å². The predicted molar refractivity (Wildman–Crippen MR) is 117 cm³/mol. The second kappa shape index (κ2) is 9.85. The molecule has 1 saturated heterocycles. The van der Waals surface area contributed by atoms with Gasteiger partial charge in [-0.15, -0.1) is 0 Å². The summed E-state index contributed by atoms with van der Waals surface area (Å²) in [7, 11) is 4.74. The Bertz CT molecular complexity index is 852. The molecule has 1 fully saturated rings. The number of carbonyl (C=O) groups is 1. The van der Waals surface area contributed by atoms with Gasteiger partial charge in [0.05, 0.1) is 27.9 Å². The van der Waals surface area contributed by atoms with Crippen molar-refractivity contribution >= 4 is 5.91 Å². The molecule has 3 rings (SSSR count). The van der Waals surface area contributed by atoms with Crippen molar-refractivity contribution in [1.29, 1.82) is 0 Å². The quantitative estimate of drug-likeness (QED) is 0.715. The number of hydrogen-bond donors (Lipinski definition) is 1. The number of benzene rings is 2. The van der Waals surface area contributed by atoms with Crippen molar-refractivity contribution in [2.45, 2.75) is 39.3 Å². The second-order valence-corrected chi connectivity index (χ2v) is 7.86. The lowest BCUT2D eigenvalue weighted by atomic mass is 9.99. The molecule has 2 aromatic rings. The fourth-order valence-electron chi connectivity index (χ4n) is 4.27. The molecule has 1 aliphatic heterocycles. The van der Waals surface area contributed by atoms with E-state index in [1.54, 1.807) is 21.3 Å². The molecule has 0 radical (unpaired) electrons. The molecule has 1 atom stereocenters. The molecule has 6 nitrogen and oxygen atoms in total. The van der Waals surface area contributed by atoms with Crippen LogP contribution in [-0.2, 0) is 11.3 Å². The largest absolute Gasteiger partial charge is 0.493 e. The van der Waals surface area contributed by atoms with E-state index >= 15 is 0 Å². The molecule has 1 aliphatic rings. The number of rotatable bonds is 8. The van der Waals surface area contributed by atoms with Crippen LogP contribution in [0.3, 0.4) is 0 Å². The topological polar surface area (TPSA) is 60.0 Å². The van der Waals surface area contributed by atoms with Gasteiger partial charge in [-0.3, -0.25) is 9.69 Å². The molecule has 0 aromatic heterocycles. The van der Waals surface area contributed by atoms with E-state index in [1.165, 1.54) is 16.7 Å². The lowest BCUT2D eigenvalue weighted by Crippen LogP contribution is -2.36. The maximum atomic E-state index is 12.7. The monoisotopic (exact) mass is 412 g/mol. The lowest BCUT2D eigenvalue weighted by Gasteiger charge is -2.25. The van der Waals surface area contributed by atoms with Crippen LogP contribution >= 0.6 is 0 Å². The van der Waals surface area contributed by atoms with Crippen molar-refractivity contribution < 1.29 is 19.0 Å². The second-order valence-electron chi connectivity index (χ2n) is 7.86. The summed E-state index contributed by atoms with van der Waals surface area (Å²) in [5.41, 5.74) is 4.74. The molecule has 0 bridgehead atoms. The predicted octanol–water partition coefficient (Wildman–Crippen LogP) is 3.78. The van der Waals surface area contributed by atoms with Gasteiger partial charge in [0.2, 0.25) is 11.7 Å². The van der Waals surface area contributed by atoms with Gasteiger partial charge in [0.15, 0.2) is 11.5 Å². The summed E-state index contributed by atoms with van der Waals surface area (Å²) >= 11 is 0. The van der Waals surface area contributed by atoms with E-state index in [9.17, 15) is 4.79 Å². The number of nitrogens with zero attached hydrogens (tertiary/aromatic N) is 1. The fraction of sp³-hybridized carbons (Fsp3) is 0.458. The fourth-order valence-corrected chi connectivity index (χ4v) is 4.27. The van der Waals surface area contributed by atoms with Crippen LogP contribution < -0.4 is 19.5 Å². The first-order valence-electron chi connectivity index (χ1n) is 10.3. The average molecular weight is 413 g/mol. The molecule has 0 saturated carbocycles. The Morgan fingerprint density at radius 3 is 2.20 bits per heavy atom. The number of amides is 1. The third-order valence-electron chi connectivity index (χ3n) is 5.55. The molecule has 0 spiro atoms. The summed E-state index contributed by atoms with van der Waals surface area (Å²) in [6, 6.07) is 10.7. The zero-order valence-corrected chi connectivity index (χ0v) is 18.6. The van der Waals surface area contributed by atoms with Crippen LogP contribution in [-0.4, -0.2) is 45.2 Å². The summed E-state index contributed by atoms with van der Waals surface area (Å²) < 4.78 is 16.1. The smallest absolute Gasteiger partial charge is 0.234 e. The Hall–Kier alpha value is -2.73. The van der Waals surface area contributed by atoms with Gasteiger partial charge in [-0.1, -0.05) is 29.3 Å². The van der Waals surface area contributed by atoms with Crippen LogP contribution in [0.1, 0.15) is 41.1 Å². The van der Waals surface area contributed by atoms with Gasteiger partial charge >= 0.3 is 0 Å². The Morgan fingerprint density at radius 1 is 1.00 bits per heavy atom. The van der Waals surface area contributed by atoms with Crippen LogP contribution in [0.4, 0.5) is 0 Å². The first kappa shape index (κ1) is 22.0. The van der Waals surface area contributed by atoms with Crippen molar-refractivity contribution in [1.82, 2.24) is 10.2 Å². The molecule has 1 amide bonds. The molecular weight excluding hydrogens is 380 g/mol. The van der Waals surface area contributed by atoms with E-state index < -0.39 is 0 Å². The number of nitrogens with one attached hydrogen (secondary N) is 1. The van der Waals surface area contributed by atoms with E-state index in [0.717, 1.165) is 24.9 Å². The first-order valence-corrected chi connectivity index (χ1v) is 10.3. The van der Waals surface area contributed by atoms with Crippen molar-refractivity contribution in [3.8, 4) is 17.2 Å². The average Bonchev–Trinajstić information content (AvgIpc) is 3.18. The third kappa shape index (κ3) is 5.05. The Balaban J connectivity index is 1.64. The number of ether oxygens (including phenoxy) is 3. The first-order chi connectivity index (χ1) is 14.4. The molecule has 1 N–H and O–H groups in total. The van der Waals surface area contributed by atoms with Crippen molar-refractivity contribution in [3.05, 3.63) is 52.6 Å². The minimum absolute atomic E-state index is 0.0139. The molecule has 1 heterocycles. The normalized spacial score (nSPS) is 16.4. The van der Waals surface area contributed by atoms with Crippen molar-refractivity contribution in [3.63, 3.8) is 0 Å². The van der Waals surface area contributed by atoms with Crippen LogP contribution in [0.25, 0.3) is 0 Å². The van der Waals surface area contributed by atoms with Crippen LogP contribution in [0.5, 0.6) is 17.2 Å². The molecule has 162 valence electrons. The molecule has 1 unspecified atom stereocenters. The highest BCUT2D eigenvalue weighted by molar-refractivity contribution is 5.78. The zero-order chi connectivity index (χ0) is 21.7. The minimum atomic E-state index is 0.0139. The molecule has 2 aromatic carbocycles. The van der Waals surface area contributed by atoms with E-state index in [2.05, 4.69) is 42.3 Å². The Morgan fingerprint density at radius 2 is 1.63 bits per heavy atom. The number of carbonyl (C=O) groups excluding carboxylic acids is 1. The van der Waals surface area contributed by atoms with Gasteiger partial charge in [0, 0.05) is 12.6 Å². The summed E-state index contributed by atoms with van der Waals surface area (Å²) in [4.78, 5) is 15.0. The van der Waals surface area contributed by atoms with Crippen LogP contribution in [0.2, 0.25) is 0 Å². The van der Waals surface area contributed by atoms with Gasteiger partial charge in [-0.2, -0.15) is 0 Å². The number of likely N-dealkylation sites (tertiary alicyclic amines) is 1. The van der Waals surface area contributed by atoms with Crippen molar-refractivity contribution in [2.75, 3.05) is 34.4 Å². The van der Waals surface area contributed by atoms with Crippen LogP contribution in [0, 0.1) is 13.8 Å². The summed E-state index contributed by atoms with van der Waals surface area (Å²) in [5.74, 6) is 1.72. The number of methoxy groups -OCH3 is 3. The highest BCUT2D eigenvalue weighted by Gasteiger charge is 2.27. The SMILES string of the molecule is COc1cc(CNC(=O)CN2CCCC2c2cc(C)cc(C)c2)cc(OC)c1OC. The van der Waals surface area contributed by atoms with Gasteiger partial charge in [0.1, 0.15) is 0 Å².